The first-order valence-corrected chi connectivity index (χ1v) is 6.28. The molecule has 1 aromatic carbocycles. The average Bonchev–Trinajstić information content (AvgIpc) is 2.28. The number of nitrogens with two attached hydrogens (primary N) is 1. The summed E-state index contributed by atoms with van der Waals surface area (Å²) in [4.78, 5) is 2.44. The number of benzene rings is 1. The lowest BCUT2D eigenvalue weighted by molar-refractivity contribution is 0.158. The molecule has 0 aliphatic carbocycles. The van der Waals surface area contributed by atoms with Gasteiger partial charge in [-0.3, -0.25) is 4.90 Å². The van der Waals surface area contributed by atoms with Crippen molar-refractivity contribution in [1.82, 2.24) is 4.90 Å². The largest absolute Gasteiger partial charge is 0.497 e. The normalized spacial score (nSPS) is 25.8. The first kappa shape index (κ1) is 12.4. The number of hydrogen-bond acceptors (Lipinski definition) is 3. The molecule has 3 heteroatoms. The molecule has 94 valence electrons. The Balaban J connectivity index is 1.99. The van der Waals surface area contributed by atoms with Crippen molar-refractivity contribution >= 4 is 0 Å². The van der Waals surface area contributed by atoms with E-state index in [1.165, 1.54) is 5.56 Å². The molecular weight excluding hydrogens is 212 g/mol. The minimum absolute atomic E-state index is 0.323. The molecule has 1 aliphatic rings. The Bertz CT molecular complexity index is 357. The summed E-state index contributed by atoms with van der Waals surface area (Å²) in [7, 11) is 1.71. The van der Waals surface area contributed by atoms with Crippen LogP contribution in [0.4, 0.5) is 0 Å². The van der Waals surface area contributed by atoms with Gasteiger partial charge in [-0.15, -0.1) is 0 Å². The van der Waals surface area contributed by atoms with Crippen LogP contribution >= 0.6 is 0 Å². The Morgan fingerprint density at radius 3 is 2.94 bits per heavy atom. The molecule has 1 aliphatic heterocycles. The fourth-order valence-corrected chi connectivity index (χ4v) is 2.67. The molecule has 1 saturated heterocycles. The van der Waals surface area contributed by atoms with Crippen molar-refractivity contribution in [1.29, 1.82) is 0 Å². The van der Waals surface area contributed by atoms with Crippen molar-refractivity contribution in [3.05, 3.63) is 29.8 Å². The monoisotopic (exact) mass is 234 g/mol. The Morgan fingerprint density at radius 1 is 1.41 bits per heavy atom. The highest BCUT2D eigenvalue weighted by Gasteiger charge is 2.21. The number of ether oxygens (including phenoxy) is 1. The van der Waals surface area contributed by atoms with E-state index in [0.717, 1.165) is 31.8 Å². The van der Waals surface area contributed by atoms with Crippen molar-refractivity contribution in [2.24, 2.45) is 11.7 Å². The molecule has 2 rings (SSSR count). The molecule has 1 fully saturated rings. The van der Waals surface area contributed by atoms with E-state index in [4.69, 9.17) is 10.5 Å². The third-order valence-corrected chi connectivity index (χ3v) is 3.31. The third kappa shape index (κ3) is 3.45. The van der Waals surface area contributed by atoms with E-state index in [-0.39, 0.29) is 0 Å². The minimum atomic E-state index is 0.323. The zero-order chi connectivity index (χ0) is 12.3. The van der Waals surface area contributed by atoms with E-state index >= 15 is 0 Å². The number of nitrogens with zero attached hydrogens (tertiary/aromatic N) is 1. The van der Waals surface area contributed by atoms with E-state index in [2.05, 4.69) is 24.0 Å². The summed E-state index contributed by atoms with van der Waals surface area (Å²) in [5, 5.41) is 0. The highest BCUT2D eigenvalue weighted by atomic mass is 16.5. The molecule has 2 N–H and O–H groups in total. The predicted molar refractivity (Wildman–Crippen MR) is 70.0 cm³/mol. The standard InChI is InChI=1S/C14H22N2O/c1-11-6-13(15)10-16(8-11)9-12-4-3-5-14(7-12)17-2/h3-5,7,11,13H,6,8-10,15H2,1-2H3. The van der Waals surface area contributed by atoms with Gasteiger partial charge in [0.1, 0.15) is 5.75 Å². The second-order valence-electron chi connectivity index (χ2n) is 5.15. The van der Waals surface area contributed by atoms with Gasteiger partial charge >= 0.3 is 0 Å². The van der Waals surface area contributed by atoms with Crippen LogP contribution in [0, 0.1) is 5.92 Å². The van der Waals surface area contributed by atoms with Crippen molar-refractivity contribution in [3.63, 3.8) is 0 Å². The van der Waals surface area contributed by atoms with E-state index in [9.17, 15) is 0 Å². The topological polar surface area (TPSA) is 38.5 Å². The van der Waals surface area contributed by atoms with Gasteiger partial charge in [0.2, 0.25) is 0 Å². The van der Waals surface area contributed by atoms with Gasteiger partial charge in [-0.2, -0.15) is 0 Å². The van der Waals surface area contributed by atoms with Gasteiger partial charge in [0, 0.05) is 25.7 Å². The van der Waals surface area contributed by atoms with Crippen molar-refractivity contribution in [2.75, 3.05) is 20.2 Å². The maximum absolute atomic E-state index is 6.06. The second-order valence-corrected chi connectivity index (χ2v) is 5.15. The highest BCUT2D eigenvalue weighted by Crippen LogP contribution is 2.19. The number of hydrogen-bond donors (Lipinski definition) is 1. The fourth-order valence-electron chi connectivity index (χ4n) is 2.67. The first-order chi connectivity index (χ1) is 8.17. The van der Waals surface area contributed by atoms with Gasteiger partial charge in [0.25, 0.3) is 0 Å². The summed E-state index contributed by atoms with van der Waals surface area (Å²) >= 11 is 0. The Morgan fingerprint density at radius 2 is 2.24 bits per heavy atom. The van der Waals surface area contributed by atoms with Crippen LogP contribution in [0.5, 0.6) is 5.75 Å². The predicted octanol–water partition coefficient (Wildman–Crippen LogP) is 1.86. The molecule has 0 spiro atoms. The number of methoxy groups -OCH3 is 1. The molecule has 0 aromatic heterocycles. The Kier molecular flexibility index (Phi) is 4.02. The van der Waals surface area contributed by atoms with Gasteiger partial charge in [0.05, 0.1) is 7.11 Å². The smallest absolute Gasteiger partial charge is 0.119 e. The Hall–Kier alpha value is -1.06. The zero-order valence-electron chi connectivity index (χ0n) is 10.7. The lowest BCUT2D eigenvalue weighted by Crippen LogP contribution is -2.45. The molecule has 0 bridgehead atoms. The molecule has 3 nitrogen and oxygen atoms in total. The zero-order valence-corrected chi connectivity index (χ0v) is 10.7. The molecule has 1 aromatic rings. The third-order valence-electron chi connectivity index (χ3n) is 3.31. The Labute approximate surface area is 104 Å². The summed E-state index contributed by atoms with van der Waals surface area (Å²) in [5.41, 5.74) is 7.36. The maximum atomic E-state index is 6.06. The van der Waals surface area contributed by atoms with Gasteiger partial charge in [0.15, 0.2) is 0 Å². The van der Waals surface area contributed by atoms with Crippen LogP contribution < -0.4 is 10.5 Å². The second kappa shape index (κ2) is 5.52. The fraction of sp³-hybridized carbons (Fsp3) is 0.571. The van der Waals surface area contributed by atoms with E-state index < -0.39 is 0 Å². The molecule has 0 amide bonds. The van der Waals surface area contributed by atoms with E-state index in [1.54, 1.807) is 7.11 Å². The van der Waals surface area contributed by atoms with Crippen LogP contribution in [-0.2, 0) is 6.54 Å². The molecule has 1 heterocycles. The van der Waals surface area contributed by atoms with Gasteiger partial charge in [-0.05, 0) is 30.0 Å². The number of likely N-dealkylation sites (tertiary alicyclic amines) is 1. The molecule has 2 atom stereocenters. The van der Waals surface area contributed by atoms with Crippen LogP contribution in [0.2, 0.25) is 0 Å². The van der Waals surface area contributed by atoms with Crippen LogP contribution in [-0.4, -0.2) is 31.1 Å². The summed E-state index contributed by atoms with van der Waals surface area (Å²) in [6, 6.07) is 8.59. The lowest BCUT2D eigenvalue weighted by atomic mass is 9.96. The maximum Gasteiger partial charge on any atom is 0.119 e. The van der Waals surface area contributed by atoms with Crippen LogP contribution in [0.1, 0.15) is 18.9 Å². The summed E-state index contributed by atoms with van der Waals surface area (Å²) in [6.07, 6.45) is 1.15. The van der Waals surface area contributed by atoms with Crippen molar-refractivity contribution in [3.8, 4) is 5.75 Å². The minimum Gasteiger partial charge on any atom is -0.497 e. The summed E-state index contributed by atoms with van der Waals surface area (Å²) < 4.78 is 5.24. The average molecular weight is 234 g/mol. The quantitative estimate of drug-likeness (QED) is 0.867. The molecule has 0 saturated carbocycles. The lowest BCUT2D eigenvalue weighted by Gasteiger charge is -2.34. The molecular formula is C14H22N2O. The van der Waals surface area contributed by atoms with E-state index in [1.807, 2.05) is 12.1 Å². The van der Waals surface area contributed by atoms with Gasteiger partial charge < -0.3 is 10.5 Å². The molecule has 17 heavy (non-hydrogen) atoms. The van der Waals surface area contributed by atoms with Crippen molar-refractivity contribution < 1.29 is 4.74 Å². The van der Waals surface area contributed by atoms with E-state index in [0.29, 0.717) is 12.0 Å². The number of piperidine rings is 1. The van der Waals surface area contributed by atoms with Crippen LogP contribution in [0.15, 0.2) is 24.3 Å². The van der Waals surface area contributed by atoms with Gasteiger partial charge in [-0.1, -0.05) is 19.1 Å². The van der Waals surface area contributed by atoms with Crippen LogP contribution in [0.3, 0.4) is 0 Å². The van der Waals surface area contributed by atoms with Crippen molar-refractivity contribution in [2.45, 2.75) is 25.9 Å². The van der Waals surface area contributed by atoms with Crippen LogP contribution in [0.25, 0.3) is 0 Å². The molecule has 2 unspecified atom stereocenters. The highest BCUT2D eigenvalue weighted by molar-refractivity contribution is 5.28. The first-order valence-electron chi connectivity index (χ1n) is 6.28. The summed E-state index contributed by atoms with van der Waals surface area (Å²) in [6.45, 7) is 5.39. The SMILES string of the molecule is COc1cccc(CN2CC(C)CC(N)C2)c1. The van der Waals surface area contributed by atoms with Gasteiger partial charge in [-0.25, -0.2) is 0 Å². The number of rotatable bonds is 3. The summed E-state index contributed by atoms with van der Waals surface area (Å²) in [5.74, 6) is 1.63. The molecule has 0 radical (unpaired) electrons.